The van der Waals surface area contributed by atoms with E-state index in [-0.39, 0.29) is 17.9 Å². The summed E-state index contributed by atoms with van der Waals surface area (Å²) < 4.78 is 1.69. The van der Waals surface area contributed by atoms with Crippen LogP contribution in [0, 0.1) is 27.7 Å². The van der Waals surface area contributed by atoms with Crippen LogP contribution < -0.4 is 15.8 Å². The Bertz CT molecular complexity index is 1300. The molecule has 192 valence electrons. The van der Waals surface area contributed by atoms with Gasteiger partial charge in [-0.3, -0.25) is 14.5 Å². The number of aryl methyl sites for hydroxylation is 5. The summed E-state index contributed by atoms with van der Waals surface area (Å²) in [7, 11) is 0. The zero-order valence-electron chi connectivity index (χ0n) is 22.3. The molecule has 1 saturated heterocycles. The SMILES string of the molecule is Cc1cccc(N2CCN(CCCNC(=O)CCn3c(=O)c(C)nc4cc(C)c(C)cc43)C[C@@H]2C)c1. The minimum Gasteiger partial charge on any atom is -0.366 e. The van der Waals surface area contributed by atoms with Crippen molar-refractivity contribution in [1.29, 1.82) is 0 Å². The lowest BCUT2D eigenvalue weighted by Gasteiger charge is -2.41. The van der Waals surface area contributed by atoms with E-state index >= 15 is 0 Å². The quantitative estimate of drug-likeness (QED) is 0.488. The number of hydrogen-bond acceptors (Lipinski definition) is 5. The second kappa shape index (κ2) is 11.2. The van der Waals surface area contributed by atoms with Crippen LogP contribution in [0.3, 0.4) is 0 Å². The highest BCUT2D eigenvalue weighted by Crippen LogP contribution is 2.22. The summed E-state index contributed by atoms with van der Waals surface area (Å²) in [5.41, 5.74) is 6.77. The molecular formula is C29H39N5O2. The van der Waals surface area contributed by atoms with Crippen molar-refractivity contribution in [2.75, 3.05) is 37.6 Å². The molecule has 1 aliphatic heterocycles. The molecule has 36 heavy (non-hydrogen) atoms. The number of carbonyl (C=O) groups excluding carboxylic acids is 1. The van der Waals surface area contributed by atoms with Gasteiger partial charge < -0.3 is 14.8 Å². The molecule has 3 aromatic rings. The third-order valence-corrected chi connectivity index (χ3v) is 7.31. The van der Waals surface area contributed by atoms with Gasteiger partial charge >= 0.3 is 0 Å². The molecule has 1 fully saturated rings. The van der Waals surface area contributed by atoms with E-state index in [2.05, 4.69) is 58.2 Å². The Labute approximate surface area is 214 Å². The maximum atomic E-state index is 12.7. The topological polar surface area (TPSA) is 70.5 Å². The fourth-order valence-corrected chi connectivity index (χ4v) is 5.11. The fourth-order valence-electron chi connectivity index (χ4n) is 5.11. The van der Waals surface area contributed by atoms with Gasteiger partial charge in [-0.2, -0.15) is 0 Å². The first-order valence-electron chi connectivity index (χ1n) is 13.0. The van der Waals surface area contributed by atoms with Gasteiger partial charge in [0.15, 0.2) is 0 Å². The molecule has 0 bridgehead atoms. The van der Waals surface area contributed by atoms with Crippen molar-refractivity contribution in [1.82, 2.24) is 19.8 Å². The van der Waals surface area contributed by atoms with Gasteiger partial charge in [-0.1, -0.05) is 12.1 Å². The third-order valence-electron chi connectivity index (χ3n) is 7.31. The van der Waals surface area contributed by atoms with Crippen LogP contribution in [0.2, 0.25) is 0 Å². The van der Waals surface area contributed by atoms with Gasteiger partial charge in [0.2, 0.25) is 5.91 Å². The molecule has 0 unspecified atom stereocenters. The van der Waals surface area contributed by atoms with Gasteiger partial charge in [-0.25, -0.2) is 4.98 Å². The van der Waals surface area contributed by atoms with Crippen LogP contribution >= 0.6 is 0 Å². The first-order chi connectivity index (χ1) is 17.2. The van der Waals surface area contributed by atoms with E-state index in [9.17, 15) is 9.59 Å². The van der Waals surface area contributed by atoms with Crippen LogP contribution in [0.1, 0.15) is 42.1 Å². The predicted octanol–water partition coefficient (Wildman–Crippen LogP) is 3.74. The Morgan fingerprint density at radius 2 is 1.83 bits per heavy atom. The molecule has 1 amide bonds. The Balaban J connectivity index is 1.24. The first kappa shape index (κ1) is 25.9. The van der Waals surface area contributed by atoms with E-state index in [1.807, 2.05) is 26.0 Å². The van der Waals surface area contributed by atoms with Crippen molar-refractivity contribution in [3.8, 4) is 0 Å². The van der Waals surface area contributed by atoms with Gasteiger partial charge in [0, 0.05) is 50.9 Å². The highest BCUT2D eigenvalue weighted by atomic mass is 16.2. The summed E-state index contributed by atoms with van der Waals surface area (Å²) in [6, 6.07) is 13.2. The number of aromatic nitrogens is 2. The molecule has 0 spiro atoms. The third kappa shape index (κ3) is 5.95. The molecule has 7 heteroatoms. The molecule has 2 heterocycles. The maximum Gasteiger partial charge on any atom is 0.272 e. The predicted molar refractivity (Wildman–Crippen MR) is 147 cm³/mol. The second-order valence-corrected chi connectivity index (χ2v) is 10.2. The van der Waals surface area contributed by atoms with Crippen LogP contribution in [-0.4, -0.2) is 59.1 Å². The van der Waals surface area contributed by atoms with Crippen molar-refractivity contribution >= 4 is 22.6 Å². The normalized spacial score (nSPS) is 16.5. The maximum absolute atomic E-state index is 12.7. The smallest absolute Gasteiger partial charge is 0.272 e. The summed E-state index contributed by atoms with van der Waals surface area (Å²) in [6.07, 6.45) is 1.19. The average Bonchev–Trinajstić information content (AvgIpc) is 2.84. The summed E-state index contributed by atoms with van der Waals surface area (Å²) >= 11 is 0. The molecule has 1 N–H and O–H groups in total. The zero-order valence-corrected chi connectivity index (χ0v) is 22.3. The molecule has 1 aromatic heterocycles. The van der Waals surface area contributed by atoms with E-state index in [1.165, 1.54) is 11.3 Å². The van der Waals surface area contributed by atoms with Gasteiger partial charge in [0.25, 0.3) is 5.56 Å². The van der Waals surface area contributed by atoms with Gasteiger partial charge in [-0.05, 0) is 88.5 Å². The standard InChI is InChI=1S/C29H39N5O2/c1-20-8-6-9-25(16-20)33-15-14-32(19-23(33)4)12-7-11-30-28(35)10-13-34-27-18-22(3)21(2)17-26(27)31-24(5)29(34)36/h6,8-9,16-18,23H,7,10-15,19H2,1-5H3,(H,30,35)/t23-/m0/s1. The molecule has 0 saturated carbocycles. The van der Waals surface area contributed by atoms with Gasteiger partial charge in [0.05, 0.1) is 11.0 Å². The number of rotatable bonds is 8. The Kier molecular flexibility index (Phi) is 8.09. The number of carbonyl (C=O) groups is 1. The first-order valence-corrected chi connectivity index (χ1v) is 13.0. The molecule has 1 aliphatic rings. The zero-order chi connectivity index (χ0) is 25.8. The fraction of sp³-hybridized carbons (Fsp3) is 0.483. The lowest BCUT2D eigenvalue weighted by atomic mass is 10.1. The molecular weight excluding hydrogens is 450 g/mol. The molecule has 0 aliphatic carbocycles. The van der Waals surface area contributed by atoms with Crippen LogP contribution in [0.5, 0.6) is 0 Å². The Hall–Kier alpha value is -3.19. The molecule has 4 rings (SSSR count). The van der Waals surface area contributed by atoms with Crippen LogP contribution in [0.15, 0.2) is 41.2 Å². The second-order valence-electron chi connectivity index (χ2n) is 10.2. The summed E-state index contributed by atoms with van der Waals surface area (Å²) in [5.74, 6) is -0.0222. The molecule has 1 atom stereocenters. The van der Waals surface area contributed by atoms with Crippen molar-refractivity contribution < 1.29 is 4.79 Å². The van der Waals surface area contributed by atoms with Crippen LogP contribution in [0.4, 0.5) is 5.69 Å². The van der Waals surface area contributed by atoms with E-state index in [4.69, 9.17) is 0 Å². The number of amides is 1. The number of anilines is 1. The molecule has 7 nitrogen and oxygen atoms in total. The number of piperazine rings is 1. The number of fused-ring (bicyclic) bond motifs is 1. The number of benzene rings is 2. The monoisotopic (exact) mass is 489 g/mol. The van der Waals surface area contributed by atoms with Gasteiger partial charge in [0.1, 0.15) is 5.69 Å². The lowest BCUT2D eigenvalue weighted by Crippen LogP contribution is -2.52. The minimum absolute atomic E-state index is 0.0222. The average molecular weight is 490 g/mol. The number of nitrogens with one attached hydrogen (secondary N) is 1. The summed E-state index contributed by atoms with van der Waals surface area (Å²) in [4.78, 5) is 34.7. The summed E-state index contributed by atoms with van der Waals surface area (Å²) in [5, 5.41) is 3.04. The number of nitrogens with zero attached hydrogens (tertiary/aromatic N) is 4. The van der Waals surface area contributed by atoms with Crippen molar-refractivity contribution in [3.63, 3.8) is 0 Å². The largest absolute Gasteiger partial charge is 0.366 e. The number of hydrogen-bond donors (Lipinski definition) is 1. The summed E-state index contributed by atoms with van der Waals surface area (Å²) in [6.45, 7) is 15.3. The van der Waals surface area contributed by atoms with Crippen LogP contribution in [-0.2, 0) is 11.3 Å². The van der Waals surface area contributed by atoms with Crippen LogP contribution in [0.25, 0.3) is 11.0 Å². The van der Waals surface area contributed by atoms with E-state index in [0.29, 0.717) is 24.8 Å². The Morgan fingerprint density at radius 3 is 2.58 bits per heavy atom. The highest BCUT2D eigenvalue weighted by molar-refractivity contribution is 5.78. The lowest BCUT2D eigenvalue weighted by molar-refractivity contribution is -0.121. The van der Waals surface area contributed by atoms with E-state index in [1.54, 1.807) is 11.5 Å². The van der Waals surface area contributed by atoms with Crippen molar-refractivity contribution in [2.24, 2.45) is 0 Å². The molecule has 2 aromatic carbocycles. The van der Waals surface area contributed by atoms with E-state index < -0.39 is 0 Å². The highest BCUT2D eigenvalue weighted by Gasteiger charge is 2.23. The molecule has 0 radical (unpaired) electrons. The van der Waals surface area contributed by atoms with Crippen molar-refractivity contribution in [2.45, 2.75) is 60.0 Å². The Morgan fingerprint density at radius 1 is 1.06 bits per heavy atom. The van der Waals surface area contributed by atoms with Crippen molar-refractivity contribution in [3.05, 3.63) is 69.1 Å². The minimum atomic E-state index is -0.127. The van der Waals surface area contributed by atoms with E-state index in [0.717, 1.165) is 54.8 Å². The van der Waals surface area contributed by atoms with Gasteiger partial charge in [-0.15, -0.1) is 0 Å².